The number of hydrogen-bond donors (Lipinski definition) is 0. The molecule has 1 aliphatic rings. The number of likely N-dealkylation sites (tertiary alicyclic amines) is 1. The fourth-order valence-electron chi connectivity index (χ4n) is 2.84. The van der Waals surface area contributed by atoms with Crippen molar-refractivity contribution in [2.75, 3.05) is 19.6 Å². The average molecular weight is 390 g/mol. The number of halogens is 5. The third-order valence-electron chi connectivity index (χ3n) is 4.03. The highest BCUT2D eigenvalue weighted by Crippen LogP contribution is 2.27. The minimum atomic E-state index is -4.33. The Balaban J connectivity index is 1.61. The van der Waals surface area contributed by atoms with E-state index in [-0.39, 0.29) is 19.5 Å². The normalized spacial score (nSPS) is 21.6. The largest absolute Gasteiger partial charge is 0.486 e. The number of alkyl halides is 4. The molecule has 0 spiro atoms. The van der Waals surface area contributed by atoms with E-state index in [2.05, 4.69) is 9.97 Å². The van der Waals surface area contributed by atoms with Crippen LogP contribution in [0, 0.1) is 0 Å². The van der Waals surface area contributed by atoms with Crippen molar-refractivity contribution in [1.29, 1.82) is 0 Å². The average Bonchev–Trinajstić information content (AvgIpc) is 2.57. The van der Waals surface area contributed by atoms with Gasteiger partial charge in [0.25, 0.3) is 0 Å². The van der Waals surface area contributed by atoms with Crippen molar-refractivity contribution in [3.8, 4) is 17.0 Å². The van der Waals surface area contributed by atoms with Crippen molar-refractivity contribution in [3.63, 3.8) is 0 Å². The van der Waals surface area contributed by atoms with Gasteiger partial charge in [0.15, 0.2) is 0 Å². The predicted molar refractivity (Wildman–Crippen MR) is 88.9 cm³/mol. The Morgan fingerprint density at radius 3 is 2.65 bits per heavy atom. The molecule has 1 aliphatic heterocycles. The molecule has 2 aromatic heterocycles. The fraction of sp³-hybridized carbons (Fsp3) is 0.412. The van der Waals surface area contributed by atoms with Gasteiger partial charge in [-0.15, -0.1) is 0 Å². The smallest absolute Gasteiger partial charge is 0.401 e. The number of rotatable bonds is 4. The quantitative estimate of drug-likeness (QED) is 0.581. The Hall–Kier alpha value is -1.93. The van der Waals surface area contributed by atoms with Crippen LogP contribution in [0.5, 0.6) is 5.75 Å². The lowest BCUT2D eigenvalue weighted by Crippen LogP contribution is -2.49. The van der Waals surface area contributed by atoms with Gasteiger partial charge in [0.05, 0.1) is 18.4 Å². The van der Waals surface area contributed by atoms with Crippen molar-refractivity contribution in [2.24, 2.45) is 0 Å². The van der Waals surface area contributed by atoms with E-state index in [4.69, 9.17) is 16.3 Å². The van der Waals surface area contributed by atoms with Crippen LogP contribution in [0.4, 0.5) is 17.6 Å². The molecular weight excluding hydrogens is 374 g/mol. The second-order valence-corrected chi connectivity index (χ2v) is 6.39. The molecule has 0 aliphatic carbocycles. The summed E-state index contributed by atoms with van der Waals surface area (Å²) in [5, 5.41) is 0.314. The molecule has 0 N–H and O–H groups in total. The van der Waals surface area contributed by atoms with Gasteiger partial charge in [-0.2, -0.15) is 13.2 Å². The van der Waals surface area contributed by atoms with Gasteiger partial charge < -0.3 is 4.74 Å². The van der Waals surface area contributed by atoms with Gasteiger partial charge in [-0.05, 0) is 30.7 Å². The molecule has 0 radical (unpaired) electrons. The van der Waals surface area contributed by atoms with E-state index in [1.54, 1.807) is 30.5 Å². The lowest BCUT2D eigenvalue weighted by atomic mass is 10.1. The number of nitrogens with zero attached hydrogens (tertiary/aromatic N) is 3. The van der Waals surface area contributed by atoms with Crippen LogP contribution in [0.3, 0.4) is 0 Å². The summed E-state index contributed by atoms with van der Waals surface area (Å²) in [7, 11) is 0. The summed E-state index contributed by atoms with van der Waals surface area (Å²) in [6.07, 6.45) is -3.45. The Bertz CT molecular complexity index is 742. The van der Waals surface area contributed by atoms with Crippen LogP contribution in [-0.2, 0) is 0 Å². The third kappa shape index (κ3) is 4.82. The second kappa shape index (κ2) is 7.75. The van der Waals surface area contributed by atoms with E-state index >= 15 is 0 Å². The summed E-state index contributed by atoms with van der Waals surface area (Å²) in [6, 6.07) is 6.80. The molecule has 2 unspecified atom stereocenters. The van der Waals surface area contributed by atoms with E-state index in [1.165, 1.54) is 6.20 Å². The van der Waals surface area contributed by atoms with Crippen LogP contribution >= 0.6 is 11.6 Å². The summed E-state index contributed by atoms with van der Waals surface area (Å²) >= 11 is 6.02. The Morgan fingerprint density at radius 2 is 2.04 bits per heavy atom. The van der Waals surface area contributed by atoms with Gasteiger partial charge in [-0.3, -0.25) is 9.88 Å². The van der Waals surface area contributed by atoms with E-state index in [0.717, 1.165) is 4.90 Å². The zero-order chi connectivity index (χ0) is 18.7. The van der Waals surface area contributed by atoms with Crippen molar-refractivity contribution >= 4 is 11.6 Å². The molecule has 3 heterocycles. The standard InChI is InChI=1S/C17H16ClF4N3O/c18-16-12(2-1-6-23-16)14-4-3-11(8-24-14)26-15-5-7-25(9-13(15)19)10-17(20,21)22/h1-4,6,8,13,15H,5,7,9-10H2. The molecule has 3 rings (SSSR count). The van der Waals surface area contributed by atoms with E-state index < -0.39 is 25.0 Å². The highest BCUT2D eigenvalue weighted by Gasteiger charge is 2.37. The predicted octanol–water partition coefficient (Wildman–Crippen LogP) is 4.15. The van der Waals surface area contributed by atoms with Crippen LogP contribution < -0.4 is 4.74 Å². The Morgan fingerprint density at radius 1 is 1.23 bits per heavy atom. The van der Waals surface area contributed by atoms with Gasteiger partial charge in [-0.1, -0.05) is 11.6 Å². The summed E-state index contributed by atoms with van der Waals surface area (Å²) in [6.45, 7) is -1.29. The summed E-state index contributed by atoms with van der Waals surface area (Å²) < 4.78 is 56.9. The first kappa shape index (κ1) is 18.8. The van der Waals surface area contributed by atoms with Crippen molar-refractivity contribution in [2.45, 2.75) is 24.9 Å². The minimum Gasteiger partial charge on any atom is -0.486 e. The minimum absolute atomic E-state index is 0.126. The summed E-state index contributed by atoms with van der Waals surface area (Å²) in [4.78, 5) is 9.26. The molecule has 2 atom stereocenters. The Labute approximate surface area is 152 Å². The molecule has 0 bridgehead atoms. The van der Waals surface area contributed by atoms with E-state index in [1.807, 2.05) is 0 Å². The topological polar surface area (TPSA) is 38.2 Å². The van der Waals surface area contributed by atoms with Crippen molar-refractivity contribution in [3.05, 3.63) is 41.8 Å². The SMILES string of the molecule is FC1CN(CC(F)(F)F)CCC1Oc1ccc(-c2cccnc2Cl)nc1. The van der Waals surface area contributed by atoms with Crippen LogP contribution in [0.25, 0.3) is 11.3 Å². The highest BCUT2D eigenvalue weighted by atomic mass is 35.5. The maximum atomic E-state index is 14.2. The molecule has 2 aromatic rings. The Kier molecular flexibility index (Phi) is 5.62. The molecule has 140 valence electrons. The molecule has 0 saturated carbocycles. The molecule has 4 nitrogen and oxygen atoms in total. The monoisotopic (exact) mass is 389 g/mol. The molecule has 0 amide bonds. The summed E-state index contributed by atoms with van der Waals surface area (Å²) in [5.41, 5.74) is 1.25. The zero-order valence-corrected chi connectivity index (χ0v) is 14.3. The molecule has 26 heavy (non-hydrogen) atoms. The van der Waals surface area contributed by atoms with Gasteiger partial charge in [0.1, 0.15) is 23.2 Å². The lowest BCUT2D eigenvalue weighted by molar-refractivity contribution is -0.153. The number of piperidine rings is 1. The molecule has 0 aromatic carbocycles. The second-order valence-electron chi connectivity index (χ2n) is 6.03. The first-order valence-electron chi connectivity index (χ1n) is 7.98. The lowest BCUT2D eigenvalue weighted by Gasteiger charge is -2.34. The fourth-order valence-corrected chi connectivity index (χ4v) is 3.05. The van der Waals surface area contributed by atoms with E-state index in [0.29, 0.717) is 22.2 Å². The maximum absolute atomic E-state index is 14.2. The first-order valence-corrected chi connectivity index (χ1v) is 8.36. The van der Waals surface area contributed by atoms with Crippen LogP contribution in [-0.4, -0.2) is 53.0 Å². The van der Waals surface area contributed by atoms with Gasteiger partial charge in [0, 0.05) is 24.8 Å². The zero-order valence-electron chi connectivity index (χ0n) is 13.6. The van der Waals surface area contributed by atoms with Gasteiger partial charge >= 0.3 is 6.18 Å². The third-order valence-corrected chi connectivity index (χ3v) is 4.33. The highest BCUT2D eigenvalue weighted by molar-refractivity contribution is 6.32. The first-order chi connectivity index (χ1) is 12.3. The molecule has 1 saturated heterocycles. The molecular formula is C17H16ClF4N3O. The van der Waals surface area contributed by atoms with E-state index in [9.17, 15) is 17.6 Å². The van der Waals surface area contributed by atoms with Crippen molar-refractivity contribution < 1.29 is 22.3 Å². The van der Waals surface area contributed by atoms with Crippen molar-refractivity contribution in [1.82, 2.24) is 14.9 Å². The van der Waals surface area contributed by atoms with Crippen LogP contribution in [0.15, 0.2) is 36.7 Å². The molecule has 1 fully saturated rings. The van der Waals surface area contributed by atoms with Crippen LogP contribution in [0.1, 0.15) is 6.42 Å². The number of ether oxygens (including phenoxy) is 1. The molecule has 9 heteroatoms. The van der Waals surface area contributed by atoms with Gasteiger partial charge in [-0.25, -0.2) is 9.37 Å². The van der Waals surface area contributed by atoms with Gasteiger partial charge in [0.2, 0.25) is 0 Å². The number of aromatic nitrogens is 2. The summed E-state index contributed by atoms with van der Waals surface area (Å²) in [5.74, 6) is 0.352. The number of hydrogen-bond acceptors (Lipinski definition) is 4. The van der Waals surface area contributed by atoms with Crippen LogP contribution in [0.2, 0.25) is 5.15 Å². The number of pyridine rings is 2. The maximum Gasteiger partial charge on any atom is 0.401 e.